The number of aromatic nitrogens is 7. The normalized spacial score (nSPS) is 11.6. The van der Waals surface area contributed by atoms with Crippen molar-refractivity contribution in [1.29, 1.82) is 0 Å². The van der Waals surface area contributed by atoms with Crippen LogP contribution in [0.3, 0.4) is 0 Å². The van der Waals surface area contributed by atoms with E-state index in [0.717, 1.165) is 72.9 Å². The van der Waals surface area contributed by atoms with Crippen LogP contribution in [0, 0.1) is 12.1 Å². The third kappa shape index (κ3) is 4.25. The monoisotopic (exact) mass is 798 g/mol. The van der Waals surface area contributed by atoms with Crippen molar-refractivity contribution in [3.8, 4) is 39.6 Å². The van der Waals surface area contributed by atoms with E-state index in [4.69, 9.17) is 9.97 Å². The second kappa shape index (κ2) is 11.1. The molecule has 0 aliphatic rings. The van der Waals surface area contributed by atoms with Gasteiger partial charge in [-0.1, -0.05) is 101 Å². The Kier molecular flexibility index (Phi) is 6.56. The smallest absolute Gasteiger partial charge is 0.358 e. The fourth-order valence-corrected chi connectivity index (χ4v) is 6.82. The van der Waals surface area contributed by atoms with E-state index in [2.05, 4.69) is 150 Å². The van der Waals surface area contributed by atoms with Crippen molar-refractivity contribution >= 4 is 33.4 Å². The van der Waals surface area contributed by atoms with E-state index in [1.807, 2.05) is 36.9 Å². The van der Waals surface area contributed by atoms with Crippen LogP contribution in [-0.2, 0) is 21.1 Å². The van der Waals surface area contributed by atoms with E-state index in [1.165, 1.54) is 0 Å². The number of rotatable bonds is 5. The van der Waals surface area contributed by atoms with Gasteiger partial charge in [-0.05, 0) is 11.5 Å². The van der Waals surface area contributed by atoms with Crippen molar-refractivity contribution in [3.63, 3.8) is 0 Å². The summed E-state index contributed by atoms with van der Waals surface area (Å²) in [5.41, 5.74) is 9.10. The number of imidazole rings is 4. The van der Waals surface area contributed by atoms with Crippen LogP contribution in [0.25, 0.3) is 72.9 Å². The van der Waals surface area contributed by atoms with Crippen molar-refractivity contribution < 1.29 is 21.1 Å². The van der Waals surface area contributed by atoms with E-state index in [0.29, 0.717) is 0 Å². The molecular formula is C40H25N7Pt. The molecule has 7 nitrogen and oxygen atoms in total. The molecule has 0 spiro atoms. The van der Waals surface area contributed by atoms with Gasteiger partial charge >= 0.3 is 21.1 Å². The van der Waals surface area contributed by atoms with Crippen LogP contribution in [0.2, 0.25) is 0 Å². The second-order valence-electron chi connectivity index (χ2n) is 11.6. The molecule has 0 unspecified atom stereocenters. The van der Waals surface area contributed by atoms with Gasteiger partial charge in [0.05, 0.1) is 11.4 Å². The van der Waals surface area contributed by atoms with Gasteiger partial charge in [-0.3, -0.25) is 8.80 Å². The molecule has 10 aromatic rings. The zero-order valence-electron chi connectivity index (χ0n) is 25.4. The molecule has 0 N–H and O–H groups in total. The number of nitrogens with zero attached hydrogens (tertiary/aromatic N) is 7. The van der Waals surface area contributed by atoms with Crippen molar-refractivity contribution in [3.05, 3.63) is 165 Å². The Morgan fingerprint density at radius 1 is 0.458 bits per heavy atom. The first-order chi connectivity index (χ1) is 23.3. The number of fused-ring (bicyclic) bond motifs is 5. The van der Waals surface area contributed by atoms with E-state index >= 15 is 0 Å². The molecule has 0 radical (unpaired) electrons. The summed E-state index contributed by atoms with van der Waals surface area (Å²) in [6, 6.07) is 47.6. The maximum atomic E-state index is 4.72. The van der Waals surface area contributed by atoms with Crippen molar-refractivity contribution in [1.82, 2.24) is 32.5 Å². The Bertz CT molecular complexity index is 2740. The van der Waals surface area contributed by atoms with Crippen molar-refractivity contribution in [2.45, 2.75) is 0 Å². The Hall–Kier alpha value is -5.91. The first-order valence-corrected chi connectivity index (χ1v) is 15.5. The first-order valence-electron chi connectivity index (χ1n) is 15.5. The Labute approximate surface area is 289 Å². The maximum absolute atomic E-state index is 4.72. The van der Waals surface area contributed by atoms with Crippen LogP contribution >= 0.6 is 0 Å². The van der Waals surface area contributed by atoms with Crippen LogP contribution in [0.4, 0.5) is 0 Å². The molecule has 230 valence electrons. The van der Waals surface area contributed by atoms with Gasteiger partial charge < -0.3 is 13.7 Å². The Morgan fingerprint density at radius 3 is 1.62 bits per heavy atom. The zero-order valence-corrected chi connectivity index (χ0v) is 27.7. The molecule has 0 amide bonds. The summed E-state index contributed by atoms with van der Waals surface area (Å²) < 4.78 is 10.7. The molecule has 10 rings (SSSR count). The first kappa shape index (κ1) is 28.3. The van der Waals surface area contributed by atoms with Gasteiger partial charge in [0, 0.05) is 53.8 Å². The molecule has 5 aromatic carbocycles. The van der Waals surface area contributed by atoms with E-state index in [9.17, 15) is 0 Å². The largest absolute Gasteiger partial charge is 2.00 e. The standard InChI is InChI=1S/C40H25N7.Pt/c1-3-10-28(11-4-1)37-26-43-22-20-41-39(43)46(37)31-15-9-14-30(24-31)45-35-17-8-7-16-33(35)34-19-18-32(25-36(34)45)47-38(29-12-5-2-6-13-29)27-44-23-21-42-40(44)47;/h1-23,26-27H;/q-2;+2. The minimum Gasteiger partial charge on any atom is -0.358 e. The number of benzene rings is 5. The van der Waals surface area contributed by atoms with Gasteiger partial charge in [0.25, 0.3) is 0 Å². The summed E-state index contributed by atoms with van der Waals surface area (Å²) in [5.74, 6) is 1.67. The molecule has 0 atom stereocenters. The second-order valence-corrected chi connectivity index (χ2v) is 11.6. The molecule has 48 heavy (non-hydrogen) atoms. The van der Waals surface area contributed by atoms with E-state index in [1.54, 1.807) is 0 Å². The summed E-state index contributed by atoms with van der Waals surface area (Å²) in [7, 11) is 0. The van der Waals surface area contributed by atoms with E-state index in [-0.39, 0.29) is 21.1 Å². The average molecular weight is 799 g/mol. The van der Waals surface area contributed by atoms with Crippen molar-refractivity contribution in [2.24, 2.45) is 0 Å². The third-order valence-corrected chi connectivity index (χ3v) is 8.90. The summed E-state index contributed by atoms with van der Waals surface area (Å²) in [6.07, 6.45) is 11.9. The van der Waals surface area contributed by atoms with Crippen LogP contribution in [0.1, 0.15) is 0 Å². The molecule has 0 aliphatic carbocycles. The van der Waals surface area contributed by atoms with Gasteiger partial charge in [0.2, 0.25) is 11.6 Å². The van der Waals surface area contributed by atoms with Crippen LogP contribution in [-0.4, -0.2) is 32.5 Å². The van der Waals surface area contributed by atoms with Gasteiger partial charge in [-0.2, -0.15) is 12.1 Å². The molecule has 5 aromatic heterocycles. The quantitative estimate of drug-likeness (QED) is 0.164. The zero-order chi connectivity index (χ0) is 30.9. The predicted molar refractivity (Wildman–Crippen MR) is 185 cm³/mol. The van der Waals surface area contributed by atoms with Crippen molar-refractivity contribution in [2.75, 3.05) is 0 Å². The fourth-order valence-electron chi connectivity index (χ4n) is 6.82. The van der Waals surface area contributed by atoms with Gasteiger partial charge in [-0.25, -0.2) is 9.97 Å². The van der Waals surface area contributed by atoms with Crippen LogP contribution < -0.4 is 0 Å². The minimum absolute atomic E-state index is 0. The SMILES string of the molecule is [Pt+2].[c-]1c(-n2c(-c3ccccc3)cn3ccnc23)cccc1-n1c2[c-]c(-n3c(-c4ccccc4)cn4ccnc34)ccc2c2ccccc21. The van der Waals surface area contributed by atoms with Crippen LogP contribution in [0.5, 0.6) is 0 Å². The summed E-state index contributed by atoms with van der Waals surface area (Å²) in [4.78, 5) is 9.43. The number of hydrogen-bond acceptors (Lipinski definition) is 2. The molecule has 5 heterocycles. The summed E-state index contributed by atoms with van der Waals surface area (Å²) in [5, 5.41) is 2.28. The predicted octanol–water partition coefficient (Wildman–Crippen LogP) is 8.59. The molecule has 0 fully saturated rings. The molecular weight excluding hydrogens is 774 g/mol. The maximum Gasteiger partial charge on any atom is 2.00 e. The number of hydrogen-bond donors (Lipinski definition) is 0. The summed E-state index contributed by atoms with van der Waals surface area (Å²) >= 11 is 0. The minimum atomic E-state index is 0. The average Bonchev–Trinajstić information content (AvgIpc) is 3.94. The Morgan fingerprint density at radius 2 is 1.00 bits per heavy atom. The molecule has 0 saturated carbocycles. The van der Waals surface area contributed by atoms with Gasteiger partial charge in [0.1, 0.15) is 0 Å². The number of para-hydroxylation sites is 1. The van der Waals surface area contributed by atoms with Crippen LogP contribution in [0.15, 0.2) is 152 Å². The van der Waals surface area contributed by atoms with Gasteiger partial charge in [0.15, 0.2) is 0 Å². The van der Waals surface area contributed by atoms with Gasteiger partial charge in [-0.15, -0.1) is 35.7 Å². The summed E-state index contributed by atoms with van der Waals surface area (Å²) in [6.45, 7) is 0. The topological polar surface area (TPSA) is 49.4 Å². The third-order valence-electron chi connectivity index (χ3n) is 8.90. The molecule has 0 saturated heterocycles. The van der Waals surface area contributed by atoms with E-state index < -0.39 is 0 Å². The Balaban J connectivity index is 0.00000314. The molecule has 0 bridgehead atoms. The molecule has 0 aliphatic heterocycles. The molecule has 8 heteroatoms. The fraction of sp³-hybridized carbons (Fsp3) is 0.